The Hall–Kier alpha value is -1.89. The van der Waals surface area contributed by atoms with Crippen molar-refractivity contribution in [3.63, 3.8) is 0 Å². The maximum Gasteiger partial charge on any atom is 0.319 e. The molecule has 6 nitrogen and oxygen atoms in total. The first kappa shape index (κ1) is 19.2. The van der Waals surface area contributed by atoms with Gasteiger partial charge in [0.15, 0.2) is 5.78 Å². The van der Waals surface area contributed by atoms with E-state index in [0.29, 0.717) is 12.1 Å². The van der Waals surface area contributed by atoms with Crippen molar-refractivity contribution in [3.05, 3.63) is 28.7 Å². The Morgan fingerprint density at radius 3 is 2.26 bits per heavy atom. The molecule has 2 amide bonds. The zero-order valence-electron chi connectivity index (χ0n) is 13.1. The van der Waals surface area contributed by atoms with Gasteiger partial charge in [-0.15, -0.1) is 0 Å². The van der Waals surface area contributed by atoms with Crippen molar-refractivity contribution in [2.24, 2.45) is 5.92 Å². The van der Waals surface area contributed by atoms with E-state index in [1.807, 2.05) is 13.8 Å². The largest absolute Gasteiger partial charge is 0.481 e. The number of ketones is 1. The Kier molecular flexibility index (Phi) is 7.74. The quantitative estimate of drug-likeness (QED) is 0.639. The summed E-state index contributed by atoms with van der Waals surface area (Å²) in [6.07, 6.45) is 0.140. The van der Waals surface area contributed by atoms with Gasteiger partial charge in [-0.1, -0.05) is 29.8 Å². The number of anilines is 1. The van der Waals surface area contributed by atoms with E-state index in [4.69, 9.17) is 5.11 Å². The Morgan fingerprint density at radius 2 is 1.74 bits per heavy atom. The SMILES string of the molecule is CC(C)C[C@@H](NC(=O)Nc1ccc(Br)cc1)C(=O)CCC(=O)O. The standard InChI is InChI=1S/C16H21BrN2O4/c1-10(2)9-13(14(20)7-8-15(21)22)19-16(23)18-12-5-3-11(17)4-6-12/h3-6,10,13H,7-9H2,1-2H3,(H,21,22)(H2,18,19,23)/t13-/m1/s1. The second kappa shape index (κ2) is 9.29. The number of Topliss-reactive ketones (excluding diaryl/α,β-unsaturated/α-hetero) is 1. The van der Waals surface area contributed by atoms with E-state index in [-0.39, 0.29) is 24.5 Å². The molecule has 1 atom stereocenters. The third-order valence-corrected chi connectivity index (χ3v) is 3.62. The first-order valence-electron chi connectivity index (χ1n) is 7.35. The molecule has 0 saturated carbocycles. The summed E-state index contributed by atoms with van der Waals surface area (Å²) in [6.45, 7) is 3.87. The second-order valence-electron chi connectivity index (χ2n) is 5.65. The minimum Gasteiger partial charge on any atom is -0.481 e. The number of hydrogen-bond donors (Lipinski definition) is 3. The number of aliphatic carboxylic acids is 1. The highest BCUT2D eigenvalue weighted by Gasteiger charge is 2.22. The fraction of sp³-hybridized carbons (Fsp3) is 0.438. The molecule has 0 aliphatic carbocycles. The number of hydrogen-bond acceptors (Lipinski definition) is 3. The first-order chi connectivity index (χ1) is 10.8. The van der Waals surface area contributed by atoms with Crippen molar-refractivity contribution in [1.29, 1.82) is 0 Å². The van der Waals surface area contributed by atoms with Gasteiger partial charge in [-0.05, 0) is 36.6 Å². The Bertz CT molecular complexity index is 558. The van der Waals surface area contributed by atoms with Crippen molar-refractivity contribution in [3.8, 4) is 0 Å². The molecule has 0 unspecified atom stereocenters. The number of carboxylic acid groups (broad SMARTS) is 1. The van der Waals surface area contributed by atoms with Gasteiger partial charge in [0.1, 0.15) is 0 Å². The van der Waals surface area contributed by atoms with Gasteiger partial charge in [-0.25, -0.2) is 4.79 Å². The molecule has 1 aromatic rings. The van der Waals surface area contributed by atoms with Gasteiger partial charge in [-0.3, -0.25) is 9.59 Å². The summed E-state index contributed by atoms with van der Waals surface area (Å²) >= 11 is 3.31. The normalized spacial score (nSPS) is 11.8. The van der Waals surface area contributed by atoms with Crippen LogP contribution >= 0.6 is 15.9 Å². The smallest absolute Gasteiger partial charge is 0.319 e. The van der Waals surface area contributed by atoms with Crippen LogP contribution in [-0.4, -0.2) is 28.9 Å². The lowest BCUT2D eigenvalue weighted by molar-refractivity contribution is -0.138. The molecule has 0 aromatic heterocycles. The lowest BCUT2D eigenvalue weighted by Crippen LogP contribution is -2.43. The summed E-state index contributed by atoms with van der Waals surface area (Å²) in [7, 11) is 0. The lowest BCUT2D eigenvalue weighted by atomic mass is 9.98. The van der Waals surface area contributed by atoms with Gasteiger partial charge >= 0.3 is 12.0 Å². The zero-order chi connectivity index (χ0) is 17.4. The molecule has 0 saturated heterocycles. The maximum atomic E-state index is 12.1. The van der Waals surface area contributed by atoms with Crippen LogP contribution in [0.4, 0.5) is 10.5 Å². The Morgan fingerprint density at radius 1 is 1.13 bits per heavy atom. The molecule has 0 radical (unpaired) electrons. The van der Waals surface area contributed by atoms with Crippen molar-refractivity contribution in [2.45, 2.75) is 39.2 Å². The van der Waals surface area contributed by atoms with Gasteiger partial charge in [0, 0.05) is 16.6 Å². The summed E-state index contributed by atoms with van der Waals surface area (Å²) in [5, 5.41) is 14.0. The maximum absolute atomic E-state index is 12.1. The molecular formula is C16H21BrN2O4. The third-order valence-electron chi connectivity index (χ3n) is 3.09. The fourth-order valence-corrected chi connectivity index (χ4v) is 2.27. The van der Waals surface area contributed by atoms with Crippen LogP contribution in [0.1, 0.15) is 33.1 Å². The van der Waals surface area contributed by atoms with E-state index in [2.05, 4.69) is 26.6 Å². The summed E-state index contributed by atoms with van der Waals surface area (Å²) in [5.74, 6) is -1.10. The number of urea groups is 1. The number of carbonyl (C=O) groups is 3. The summed E-state index contributed by atoms with van der Waals surface area (Å²) in [5.41, 5.74) is 0.604. The van der Waals surface area contributed by atoms with Gasteiger partial charge < -0.3 is 15.7 Å². The van der Waals surface area contributed by atoms with E-state index >= 15 is 0 Å². The average Bonchev–Trinajstić information content (AvgIpc) is 2.46. The van der Waals surface area contributed by atoms with E-state index in [0.717, 1.165) is 4.47 Å². The molecular weight excluding hydrogens is 364 g/mol. The van der Waals surface area contributed by atoms with Crippen molar-refractivity contribution < 1.29 is 19.5 Å². The molecule has 0 aliphatic rings. The highest BCUT2D eigenvalue weighted by atomic mass is 79.9. The Labute approximate surface area is 143 Å². The monoisotopic (exact) mass is 384 g/mol. The van der Waals surface area contributed by atoms with E-state index in [1.165, 1.54) is 0 Å². The first-order valence-corrected chi connectivity index (χ1v) is 8.14. The van der Waals surface area contributed by atoms with Gasteiger partial charge in [0.05, 0.1) is 12.5 Å². The number of halogens is 1. The van der Waals surface area contributed by atoms with Crippen molar-refractivity contribution in [2.75, 3.05) is 5.32 Å². The van der Waals surface area contributed by atoms with E-state index in [1.54, 1.807) is 24.3 Å². The molecule has 0 bridgehead atoms. The molecule has 7 heteroatoms. The van der Waals surface area contributed by atoms with E-state index in [9.17, 15) is 14.4 Å². The van der Waals surface area contributed by atoms with Crippen molar-refractivity contribution >= 4 is 39.4 Å². The molecule has 0 fully saturated rings. The number of benzene rings is 1. The van der Waals surface area contributed by atoms with Crippen LogP contribution in [0.15, 0.2) is 28.7 Å². The molecule has 1 aromatic carbocycles. The molecule has 126 valence electrons. The number of carbonyl (C=O) groups excluding carboxylic acids is 2. The topological polar surface area (TPSA) is 95.5 Å². The minimum atomic E-state index is -1.03. The van der Waals surface area contributed by atoms with Crippen LogP contribution in [0.2, 0.25) is 0 Å². The summed E-state index contributed by atoms with van der Waals surface area (Å²) < 4.78 is 0.894. The zero-order valence-corrected chi connectivity index (χ0v) is 14.7. The molecule has 0 heterocycles. The van der Waals surface area contributed by atoms with Crippen LogP contribution in [0.5, 0.6) is 0 Å². The molecule has 0 aliphatic heterocycles. The van der Waals surface area contributed by atoms with Crippen molar-refractivity contribution in [1.82, 2.24) is 5.32 Å². The van der Waals surface area contributed by atoms with Crippen LogP contribution in [-0.2, 0) is 9.59 Å². The number of nitrogens with one attached hydrogen (secondary N) is 2. The average molecular weight is 385 g/mol. The van der Waals surface area contributed by atoms with Gasteiger partial charge in [0.2, 0.25) is 0 Å². The fourth-order valence-electron chi connectivity index (χ4n) is 2.01. The highest BCUT2D eigenvalue weighted by Crippen LogP contribution is 2.14. The number of amides is 2. The van der Waals surface area contributed by atoms with Gasteiger partial charge in [-0.2, -0.15) is 0 Å². The van der Waals surface area contributed by atoms with Crippen LogP contribution in [0.25, 0.3) is 0 Å². The lowest BCUT2D eigenvalue weighted by Gasteiger charge is -2.19. The summed E-state index contributed by atoms with van der Waals surface area (Å²) in [6, 6.07) is 5.87. The molecule has 0 spiro atoms. The summed E-state index contributed by atoms with van der Waals surface area (Å²) in [4.78, 5) is 34.7. The Balaban J connectivity index is 2.64. The second-order valence-corrected chi connectivity index (χ2v) is 6.56. The van der Waals surface area contributed by atoms with Gasteiger partial charge in [0.25, 0.3) is 0 Å². The molecule has 23 heavy (non-hydrogen) atoms. The van der Waals surface area contributed by atoms with Crippen LogP contribution < -0.4 is 10.6 Å². The molecule has 3 N–H and O–H groups in total. The van der Waals surface area contributed by atoms with Crippen LogP contribution in [0, 0.1) is 5.92 Å². The predicted octanol–water partition coefficient (Wildman–Crippen LogP) is 3.42. The molecule has 1 rings (SSSR count). The van der Waals surface area contributed by atoms with E-state index < -0.39 is 18.0 Å². The minimum absolute atomic E-state index is 0.0920. The predicted molar refractivity (Wildman–Crippen MR) is 91.4 cm³/mol. The number of carboxylic acids is 1. The van der Waals surface area contributed by atoms with Crippen LogP contribution in [0.3, 0.4) is 0 Å². The highest BCUT2D eigenvalue weighted by molar-refractivity contribution is 9.10. The number of rotatable bonds is 8. The third kappa shape index (κ3) is 7.78.